The summed E-state index contributed by atoms with van der Waals surface area (Å²) in [5.41, 5.74) is 1.03. The van der Waals surface area contributed by atoms with Gasteiger partial charge in [0.2, 0.25) is 11.1 Å². The van der Waals surface area contributed by atoms with Crippen molar-refractivity contribution >= 4 is 39.2 Å². The Balaban J connectivity index is 1.38. The van der Waals surface area contributed by atoms with Crippen LogP contribution in [0.25, 0.3) is 5.69 Å². The molecule has 0 N–H and O–H groups in total. The van der Waals surface area contributed by atoms with E-state index in [0.717, 1.165) is 16.7 Å². The van der Waals surface area contributed by atoms with E-state index < -0.39 is 42.8 Å². The first kappa shape index (κ1) is 24.8. The van der Waals surface area contributed by atoms with E-state index in [2.05, 4.69) is 15.5 Å². The second-order valence-corrected chi connectivity index (χ2v) is 12.3. The molecule has 37 heavy (non-hydrogen) atoms. The Morgan fingerprint density at radius 1 is 1.22 bits per heavy atom. The molecule has 3 aromatic rings. The Morgan fingerprint density at radius 2 is 1.92 bits per heavy atom. The number of nitro benzene ring substituents is 1. The number of nitrogens with zero attached hydrogens (tertiary/aromatic N) is 6. The first-order valence-electron chi connectivity index (χ1n) is 11.0. The standard InChI is InChI=1S/C22H20N6O7S2/c1-22(13-36-21-23-24-25-27(21)15-5-3-2-4-6-15)19(26-17(29)11-18(26)37(22,33)34)20(30)35-12-14-7-9-16(10-8-14)28(31)32/h2-10,18-19H,11-13H2,1H3/t18-,19+,22+/m1/s1. The zero-order chi connectivity index (χ0) is 26.4. The number of aromatic nitrogens is 4. The molecule has 1 amide bonds. The number of carbonyl (C=O) groups is 2. The van der Waals surface area contributed by atoms with Crippen LogP contribution in [-0.2, 0) is 30.8 Å². The molecule has 2 aromatic carbocycles. The molecule has 15 heteroatoms. The molecule has 0 aliphatic carbocycles. The predicted molar refractivity (Wildman–Crippen MR) is 129 cm³/mol. The summed E-state index contributed by atoms with van der Waals surface area (Å²) in [7, 11) is -3.95. The molecule has 13 nitrogen and oxygen atoms in total. The Bertz CT molecular complexity index is 1480. The van der Waals surface area contributed by atoms with Crippen molar-refractivity contribution < 1.29 is 27.7 Å². The van der Waals surface area contributed by atoms with Gasteiger partial charge in [-0.3, -0.25) is 14.9 Å². The third kappa shape index (κ3) is 4.13. The van der Waals surface area contributed by atoms with Gasteiger partial charge in [0.05, 0.1) is 17.0 Å². The summed E-state index contributed by atoms with van der Waals surface area (Å²) in [4.78, 5) is 37.0. The summed E-state index contributed by atoms with van der Waals surface area (Å²) in [6.07, 6.45) is -0.198. The molecule has 192 valence electrons. The molecule has 2 aliphatic rings. The zero-order valence-electron chi connectivity index (χ0n) is 19.3. The normalized spacial score (nSPS) is 23.8. The quantitative estimate of drug-likeness (QED) is 0.133. The van der Waals surface area contributed by atoms with Crippen molar-refractivity contribution in [1.82, 2.24) is 25.1 Å². The van der Waals surface area contributed by atoms with E-state index in [4.69, 9.17) is 4.74 Å². The lowest BCUT2D eigenvalue weighted by Gasteiger charge is -2.36. The fraction of sp³-hybridized carbons (Fsp3) is 0.318. The average molecular weight is 545 g/mol. The molecule has 2 aliphatic heterocycles. The molecule has 2 fully saturated rings. The van der Waals surface area contributed by atoms with Gasteiger partial charge in [0.25, 0.3) is 5.69 Å². The summed E-state index contributed by atoms with van der Waals surface area (Å²) < 4.78 is 32.2. The summed E-state index contributed by atoms with van der Waals surface area (Å²) in [5.74, 6) is -1.43. The van der Waals surface area contributed by atoms with E-state index in [1.807, 2.05) is 18.2 Å². The van der Waals surface area contributed by atoms with Gasteiger partial charge < -0.3 is 9.64 Å². The maximum absolute atomic E-state index is 13.5. The molecule has 0 unspecified atom stereocenters. The van der Waals surface area contributed by atoms with E-state index in [9.17, 15) is 28.1 Å². The van der Waals surface area contributed by atoms with E-state index >= 15 is 0 Å². The molecule has 3 heterocycles. The molecular formula is C22H20N6O7S2. The molecule has 0 saturated carbocycles. The first-order chi connectivity index (χ1) is 17.6. The molecule has 0 bridgehead atoms. The van der Waals surface area contributed by atoms with E-state index in [1.165, 1.54) is 35.9 Å². The Morgan fingerprint density at radius 3 is 2.57 bits per heavy atom. The Labute approximate surface area is 214 Å². The highest BCUT2D eigenvalue weighted by Crippen LogP contribution is 2.48. The van der Waals surface area contributed by atoms with Crippen LogP contribution in [0.4, 0.5) is 5.69 Å². The van der Waals surface area contributed by atoms with Crippen LogP contribution in [0.5, 0.6) is 0 Å². The number of β-lactam (4-membered cyclic amide) rings is 1. The number of nitro groups is 1. The van der Waals surface area contributed by atoms with E-state index in [-0.39, 0.29) is 24.5 Å². The van der Waals surface area contributed by atoms with Gasteiger partial charge in [-0.25, -0.2) is 13.2 Å². The number of carbonyl (C=O) groups excluding carboxylic acids is 2. The Kier molecular flexibility index (Phi) is 6.19. The van der Waals surface area contributed by atoms with Gasteiger partial charge in [-0.05, 0) is 47.2 Å². The number of hydrogen-bond acceptors (Lipinski definition) is 11. The van der Waals surface area contributed by atoms with Crippen LogP contribution in [0, 0.1) is 10.1 Å². The number of esters is 1. The minimum Gasteiger partial charge on any atom is -0.459 e. The van der Waals surface area contributed by atoms with Gasteiger partial charge in [-0.1, -0.05) is 30.0 Å². The number of para-hydroxylation sites is 1. The largest absolute Gasteiger partial charge is 0.459 e. The van der Waals surface area contributed by atoms with Crippen molar-refractivity contribution in [1.29, 1.82) is 0 Å². The third-order valence-electron chi connectivity index (χ3n) is 6.49. The summed E-state index contributed by atoms with van der Waals surface area (Å²) in [6.45, 7) is 1.19. The van der Waals surface area contributed by atoms with Crippen molar-refractivity contribution in [3.63, 3.8) is 0 Å². The minimum absolute atomic E-state index is 0.111. The SMILES string of the molecule is C[C@]1(CSc2nnnn2-c2ccccc2)[C@H](C(=O)OCc2ccc([N+](=O)[O-])cc2)N2C(=O)C[C@H]2S1(=O)=O. The fourth-order valence-corrected chi connectivity index (χ4v) is 8.22. The summed E-state index contributed by atoms with van der Waals surface area (Å²) in [6, 6.07) is 13.1. The number of benzene rings is 2. The van der Waals surface area contributed by atoms with E-state index in [1.54, 1.807) is 12.1 Å². The number of rotatable bonds is 8. The van der Waals surface area contributed by atoms with Crippen molar-refractivity contribution in [3.05, 3.63) is 70.3 Å². The van der Waals surface area contributed by atoms with Crippen molar-refractivity contribution in [2.45, 2.75) is 41.3 Å². The van der Waals surface area contributed by atoms with Crippen LogP contribution in [-0.4, -0.2) is 72.2 Å². The Hall–Kier alpha value is -3.85. The highest BCUT2D eigenvalue weighted by molar-refractivity contribution is 8.01. The van der Waals surface area contributed by atoms with Crippen LogP contribution in [0.2, 0.25) is 0 Å². The fourth-order valence-electron chi connectivity index (χ4n) is 4.41. The number of ether oxygens (including phenoxy) is 1. The third-order valence-corrected chi connectivity index (χ3v) is 10.7. The number of hydrogen-bond donors (Lipinski definition) is 0. The average Bonchev–Trinajstić information content (AvgIpc) is 3.41. The summed E-state index contributed by atoms with van der Waals surface area (Å²) in [5, 5.41) is 21.7. The van der Waals surface area contributed by atoms with Crippen molar-refractivity contribution in [3.8, 4) is 5.69 Å². The van der Waals surface area contributed by atoms with Crippen LogP contribution < -0.4 is 0 Å². The topological polar surface area (TPSA) is 167 Å². The van der Waals surface area contributed by atoms with Gasteiger partial charge in [-0.2, -0.15) is 4.68 Å². The lowest BCUT2D eigenvalue weighted by molar-refractivity contribution is -0.384. The highest BCUT2D eigenvalue weighted by atomic mass is 32.2. The number of thioether (sulfide) groups is 1. The van der Waals surface area contributed by atoms with E-state index in [0.29, 0.717) is 16.4 Å². The van der Waals surface area contributed by atoms with Crippen LogP contribution >= 0.6 is 11.8 Å². The predicted octanol–water partition coefficient (Wildman–Crippen LogP) is 1.52. The molecule has 0 radical (unpaired) electrons. The number of tetrazole rings is 1. The monoisotopic (exact) mass is 544 g/mol. The molecule has 2 saturated heterocycles. The van der Waals surface area contributed by atoms with Crippen molar-refractivity contribution in [2.75, 3.05) is 5.75 Å². The van der Waals surface area contributed by atoms with Gasteiger partial charge in [0.1, 0.15) is 16.7 Å². The number of non-ortho nitro benzene ring substituents is 1. The van der Waals surface area contributed by atoms with Gasteiger partial charge in [0, 0.05) is 17.9 Å². The first-order valence-corrected chi connectivity index (χ1v) is 13.6. The van der Waals surface area contributed by atoms with Crippen LogP contribution in [0.3, 0.4) is 0 Å². The van der Waals surface area contributed by atoms with Gasteiger partial charge in [-0.15, -0.1) is 5.10 Å². The number of fused-ring (bicyclic) bond motifs is 1. The molecule has 0 spiro atoms. The van der Waals surface area contributed by atoms with Gasteiger partial charge in [0.15, 0.2) is 15.9 Å². The number of sulfone groups is 1. The zero-order valence-corrected chi connectivity index (χ0v) is 21.0. The molecule has 5 rings (SSSR count). The lowest BCUT2D eigenvalue weighted by Crippen LogP contribution is -2.58. The maximum Gasteiger partial charge on any atom is 0.330 e. The number of amides is 1. The second-order valence-electron chi connectivity index (χ2n) is 8.75. The van der Waals surface area contributed by atoms with Gasteiger partial charge >= 0.3 is 5.97 Å². The minimum atomic E-state index is -3.95. The van der Waals surface area contributed by atoms with Crippen molar-refractivity contribution in [2.24, 2.45) is 0 Å². The maximum atomic E-state index is 13.5. The summed E-state index contributed by atoms with van der Waals surface area (Å²) >= 11 is 1.06. The molecule has 3 atom stereocenters. The van der Waals surface area contributed by atoms with Crippen LogP contribution in [0.15, 0.2) is 59.8 Å². The second kappa shape index (κ2) is 9.23. The van der Waals surface area contributed by atoms with Crippen LogP contribution in [0.1, 0.15) is 18.9 Å². The molecule has 1 aromatic heterocycles. The lowest BCUT2D eigenvalue weighted by atomic mass is 9.98. The molecular weight excluding hydrogens is 524 g/mol. The highest BCUT2D eigenvalue weighted by Gasteiger charge is 2.70. The smallest absolute Gasteiger partial charge is 0.330 e.